The number of nitrogens with two attached hydrogens (primary N) is 1. The van der Waals surface area contributed by atoms with E-state index in [2.05, 4.69) is 22.9 Å². The van der Waals surface area contributed by atoms with Gasteiger partial charge in [-0.05, 0) is 40.6 Å². The molecule has 0 aliphatic carbocycles. The molecule has 4 rings (SSSR count). The molecule has 0 saturated carbocycles. The zero-order valence-corrected chi connectivity index (χ0v) is 16.0. The lowest BCUT2D eigenvalue weighted by molar-refractivity contribution is -0.117. The van der Waals surface area contributed by atoms with Crippen LogP contribution in [-0.2, 0) is 11.3 Å². The van der Waals surface area contributed by atoms with Gasteiger partial charge >= 0.3 is 0 Å². The first-order valence-electron chi connectivity index (χ1n) is 9.51. The van der Waals surface area contributed by atoms with Crippen LogP contribution in [-0.4, -0.2) is 41.3 Å². The third kappa shape index (κ3) is 3.62. The van der Waals surface area contributed by atoms with Gasteiger partial charge in [0.1, 0.15) is 0 Å². The number of amides is 2. The van der Waals surface area contributed by atoms with Gasteiger partial charge in [0.05, 0.1) is 12.2 Å². The van der Waals surface area contributed by atoms with Crippen molar-refractivity contribution in [3.05, 3.63) is 78.0 Å². The van der Waals surface area contributed by atoms with Crippen LogP contribution < -0.4 is 11.1 Å². The number of nitrogens with one attached hydrogen (secondary N) is 1. The predicted molar refractivity (Wildman–Crippen MR) is 113 cm³/mol. The molecule has 3 aromatic rings. The molecular formula is C23H22N4O2. The number of carbonyl (C=O) groups is 2. The number of fused-ring (bicyclic) bond motifs is 3. The fraction of sp³-hybridized carbons (Fsp3) is 0.174. The van der Waals surface area contributed by atoms with E-state index in [1.54, 1.807) is 11.1 Å². The molecule has 0 fully saturated rings. The van der Waals surface area contributed by atoms with E-state index in [1.807, 2.05) is 42.5 Å². The molecule has 1 aromatic heterocycles. The molecule has 146 valence electrons. The maximum atomic E-state index is 12.9. The van der Waals surface area contributed by atoms with Crippen LogP contribution in [0.3, 0.4) is 0 Å². The minimum absolute atomic E-state index is 0.0853. The van der Waals surface area contributed by atoms with Gasteiger partial charge in [-0.2, -0.15) is 0 Å². The summed E-state index contributed by atoms with van der Waals surface area (Å²) in [5.74, 6) is -0.362. The molecular weight excluding hydrogens is 364 g/mol. The summed E-state index contributed by atoms with van der Waals surface area (Å²) in [6.07, 6.45) is 1.77. The van der Waals surface area contributed by atoms with Gasteiger partial charge in [-0.1, -0.05) is 30.8 Å². The van der Waals surface area contributed by atoms with Crippen LogP contribution in [0.4, 0.5) is 0 Å². The smallest absolute Gasteiger partial charge is 0.254 e. The van der Waals surface area contributed by atoms with Crippen LogP contribution in [0.5, 0.6) is 0 Å². The van der Waals surface area contributed by atoms with Crippen molar-refractivity contribution < 1.29 is 9.59 Å². The van der Waals surface area contributed by atoms with Crippen LogP contribution in [0, 0.1) is 0 Å². The van der Waals surface area contributed by atoms with Crippen molar-refractivity contribution in [3.63, 3.8) is 0 Å². The van der Waals surface area contributed by atoms with E-state index in [9.17, 15) is 9.59 Å². The zero-order valence-electron chi connectivity index (χ0n) is 16.0. The molecule has 6 heteroatoms. The number of pyridine rings is 1. The summed E-state index contributed by atoms with van der Waals surface area (Å²) < 4.78 is 0. The van der Waals surface area contributed by atoms with E-state index in [4.69, 9.17) is 5.73 Å². The van der Waals surface area contributed by atoms with Gasteiger partial charge < -0.3 is 16.0 Å². The lowest BCUT2D eigenvalue weighted by Crippen LogP contribution is -2.35. The number of hydrogen-bond acceptors (Lipinski definition) is 4. The second-order valence-corrected chi connectivity index (χ2v) is 7.05. The summed E-state index contributed by atoms with van der Waals surface area (Å²) in [6, 6.07) is 15.8. The van der Waals surface area contributed by atoms with Crippen LogP contribution in [0.25, 0.3) is 22.0 Å². The van der Waals surface area contributed by atoms with E-state index >= 15 is 0 Å². The van der Waals surface area contributed by atoms with Crippen LogP contribution >= 0.6 is 0 Å². The third-order valence-electron chi connectivity index (χ3n) is 5.09. The first kappa shape index (κ1) is 18.8. The highest BCUT2D eigenvalue weighted by Crippen LogP contribution is 2.33. The largest absolute Gasteiger partial charge is 0.351 e. The molecule has 0 saturated heterocycles. The van der Waals surface area contributed by atoms with Crippen LogP contribution in [0.15, 0.2) is 66.9 Å². The molecule has 1 aliphatic rings. The summed E-state index contributed by atoms with van der Waals surface area (Å²) in [5.41, 5.74) is 9.29. The maximum absolute atomic E-state index is 12.9. The van der Waals surface area contributed by atoms with Crippen molar-refractivity contribution in [2.24, 2.45) is 5.73 Å². The standard InChI is InChI=1S/C23H22N4O2/c1-15(22(28)26-11-9-24)13-27-14-20-18(23(27)29)8-7-16-5-6-17(12-19(16)20)21-4-2-3-10-25-21/h2-8,10,12H,1,9,11,13-14,24H2,(H,26,28). The van der Waals surface area contributed by atoms with E-state index < -0.39 is 0 Å². The van der Waals surface area contributed by atoms with Gasteiger partial charge in [0.2, 0.25) is 5.91 Å². The second kappa shape index (κ2) is 7.85. The second-order valence-electron chi connectivity index (χ2n) is 7.05. The molecule has 1 aliphatic heterocycles. The van der Waals surface area contributed by atoms with Crippen molar-refractivity contribution >= 4 is 22.6 Å². The number of hydrogen-bond donors (Lipinski definition) is 2. The number of nitrogens with zero attached hydrogens (tertiary/aromatic N) is 2. The van der Waals surface area contributed by atoms with Crippen molar-refractivity contribution in [1.82, 2.24) is 15.2 Å². The average molecular weight is 386 g/mol. The Hall–Kier alpha value is -3.51. The number of carbonyl (C=O) groups excluding carboxylic acids is 2. The topological polar surface area (TPSA) is 88.3 Å². The summed E-state index contributed by atoms with van der Waals surface area (Å²) >= 11 is 0. The van der Waals surface area contributed by atoms with Crippen LogP contribution in [0.2, 0.25) is 0 Å². The van der Waals surface area contributed by atoms with Crippen molar-refractivity contribution in [1.29, 1.82) is 0 Å². The Kier molecular flexibility index (Phi) is 5.10. The summed E-state index contributed by atoms with van der Waals surface area (Å²) in [7, 11) is 0. The molecule has 6 nitrogen and oxygen atoms in total. The highest BCUT2D eigenvalue weighted by molar-refractivity contribution is 6.05. The molecule has 29 heavy (non-hydrogen) atoms. The number of rotatable bonds is 6. The van der Waals surface area contributed by atoms with E-state index in [0.29, 0.717) is 30.8 Å². The lowest BCUT2D eigenvalue weighted by Gasteiger charge is -2.17. The van der Waals surface area contributed by atoms with Crippen LogP contribution in [0.1, 0.15) is 15.9 Å². The molecule has 3 N–H and O–H groups in total. The summed E-state index contributed by atoms with van der Waals surface area (Å²) in [6.45, 7) is 5.20. The normalized spacial score (nSPS) is 12.9. The molecule has 2 heterocycles. The monoisotopic (exact) mass is 386 g/mol. The van der Waals surface area contributed by atoms with Gasteiger partial charge in [0.15, 0.2) is 0 Å². The fourth-order valence-electron chi connectivity index (χ4n) is 3.62. The zero-order chi connectivity index (χ0) is 20.4. The molecule has 0 atom stereocenters. The predicted octanol–water partition coefficient (Wildman–Crippen LogP) is 2.49. The lowest BCUT2D eigenvalue weighted by atomic mass is 9.98. The van der Waals surface area contributed by atoms with Crippen molar-refractivity contribution in [2.75, 3.05) is 19.6 Å². The van der Waals surface area contributed by atoms with Gasteiger partial charge in [-0.3, -0.25) is 14.6 Å². The fourth-order valence-corrected chi connectivity index (χ4v) is 3.62. The highest BCUT2D eigenvalue weighted by atomic mass is 16.2. The SMILES string of the molecule is C=C(CN1Cc2c(ccc3ccc(-c4ccccn4)cc23)C1=O)C(=O)NCCN. The van der Waals surface area contributed by atoms with E-state index in [0.717, 1.165) is 27.6 Å². The Morgan fingerprint density at radius 2 is 2.03 bits per heavy atom. The molecule has 0 bridgehead atoms. The Bertz CT molecular complexity index is 1110. The number of aromatic nitrogens is 1. The van der Waals surface area contributed by atoms with Gasteiger partial charge in [0, 0.05) is 42.5 Å². The Morgan fingerprint density at radius 3 is 2.79 bits per heavy atom. The maximum Gasteiger partial charge on any atom is 0.254 e. The molecule has 2 aromatic carbocycles. The molecule has 0 unspecified atom stereocenters. The van der Waals surface area contributed by atoms with Gasteiger partial charge in [0.25, 0.3) is 5.91 Å². The van der Waals surface area contributed by atoms with Crippen molar-refractivity contribution in [3.8, 4) is 11.3 Å². The Balaban J connectivity index is 1.63. The minimum Gasteiger partial charge on any atom is -0.351 e. The quantitative estimate of drug-likeness (QED) is 0.637. The van der Waals surface area contributed by atoms with Gasteiger partial charge in [-0.15, -0.1) is 0 Å². The minimum atomic E-state index is -0.276. The molecule has 0 radical (unpaired) electrons. The van der Waals surface area contributed by atoms with Crippen molar-refractivity contribution in [2.45, 2.75) is 6.54 Å². The molecule has 0 spiro atoms. The first-order valence-corrected chi connectivity index (χ1v) is 9.51. The number of benzene rings is 2. The molecule has 2 amide bonds. The Morgan fingerprint density at radius 1 is 1.21 bits per heavy atom. The highest BCUT2D eigenvalue weighted by Gasteiger charge is 2.30. The van der Waals surface area contributed by atoms with Gasteiger partial charge in [-0.25, -0.2) is 0 Å². The summed E-state index contributed by atoms with van der Waals surface area (Å²) in [5, 5.41) is 4.78. The van der Waals surface area contributed by atoms with E-state index in [-0.39, 0.29) is 18.4 Å². The summed E-state index contributed by atoms with van der Waals surface area (Å²) in [4.78, 5) is 31.0. The Labute approximate surface area is 169 Å². The third-order valence-corrected chi connectivity index (χ3v) is 5.09. The van der Waals surface area contributed by atoms with E-state index in [1.165, 1.54) is 0 Å². The first-order chi connectivity index (χ1) is 14.1. The average Bonchev–Trinajstić information content (AvgIpc) is 3.08.